The van der Waals surface area contributed by atoms with Crippen LogP contribution < -0.4 is 17.0 Å². The number of halogens is 2. The number of benzene rings is 1. The van der Waals surface area contributed by atoms with Gasteiger partial charge in [0.25, 0.3) is 0 Å². The first-order chi connectivity index (χ1) is 9.11. The summed E-state index contributed by atoms with van der Waals surface area (Å²) in [5, 5.41) is 0. The van der Waals surface area contributed by atoms with Crippen LogP contribution in [0.5, 0.6) is 0 Å². The van der Waals surface area contributed by atoms with Crippen LogP contribution in [-0.2, 0) is 6.42 Å². The lowest BCUT2D eigenvalue weighted by Gasteiger charge is -2.17. The average molecular weight is 264 g/mol. The van der Waals surface area contributed by atoms with Gasteiger partial charge in [-0.2, -0.15) is 0 Å². The molecule has 0 aliphatic heterocycles. The van der Waals surface area contributed by atoms with Gasteiger partial charge in [-0.15, -0.1) is 0 Å². The van der Waals surface area contributed by atoms with E-state index < -0.39 is 17.7 Å². The number of hydrazine groups is 1. The molecule has 0 saturated carbocycles. The summed E-state index contributed by atoms with van der Waals surface area (Å²) in [6, 6.07) is 6.16. The fourth-order valence-corrected chi connectivity index (χ4v) is 1.88. The summed E-state index contributed by atoms with van der Waals surface area (Å²) in [6.07, 6.45) is 1.88. The molecule has 100 valence electrons. The molecule has 1 atom stereocenters. The highest BCUT2D eigenvalue weighted by atomic mass is 19.1. The van der Waals surface area contributed by atoms with E-state index in [1.807, 2.05) is 0 Å². The average Bonchev–Trinajstić information content (AvgIpc) is 2.41. The van der Waals surface area contributed by atoms with Crippen molar-refractivity contribution in [3.05, 3.63) is 59.3 Å². The Balaban J connectivity index is 2.30. The van der Waals surface area contributed by atoms with Crippen LogP contribution in [0.1, 0.15) is 17.2 Å². The lowest BCUT2D eigenvalue weighted by molar-refractivity contribution is 0.502. The molecule has 0 fully saturated rings. The van der Waals surface area contributed by atoms with E-state index in [0.29, 0.717) is 17.8 Å². The third kappa shape index (κ3) is 3.04. The summed E-state index contributed by atoms with van der Waals surface area (Å²) in [5.74, 6) is 4.73. The second-order valence-electron chi connectivity index (χ2n) is 4.14. The second kappa shape index (κ2) is 5.73. The van der Waals surface area contributed by atoms with E-state index in [-0.39, 0.29) is 5.56 Å². The van der Waals surface area contributed by atoms with Gasteiger partial charge in [0.2, 0.25) is 0 Å². The number of nitrogens with two attached hydrogens (primary N) is 2. The van der Waals surface area contributed by atoms with Gasteiger partial charge in [-0.25, -0.2) is 13.8 Å². The molecule has 0 radical (unpaired) electrons. The summed E-state index contributed by atoms with van der Waals surface area (Å²) in [4.78, 5) is 3.94. The zero-order valence-electron chi connectivity index (χ0n) is 10.1. The quantitative estimate of drug-likeness (QED) is 0.580. The Hall–Kier alpha value is -2.05. The van der Waals surface area contributed by atoms with Crippen LogP contribution in [0, 0.1) is 11.6 Å². The zero-order valence-corrected chi connectivity index (χ0v) is 10.1. The minimum Gasteiger partial charge on any atom is -0.383 e. The maximum atomic E-state index is 13.7. The number of anilines is 1. The minimum atomic E-state index is -0.581. The van der Waals surface area contributed by atoms with Crippen molar-refractivity contribution < 1.29 is 8.78 Å². The third-order valence-corrected chi connectivity index (χ3v) is 2.88. The molecule has 0 amide bonds. The monoisotopic (exact) mass is 264 g/mol. The van der Waals surface area contributed by atoms with Crippen molar-refractivity contribution in [2.24, 2.45) is 5.84 Å². The van der Waals surface area contributed by atoms with Crippen molar-refractivity contribution >= 4 is 5.82 Å². The van der Waals surface area contributed by atoms with Crippen LogP contribution in [0.4, 0.5) is 14.6 Å². The van der Waals surface area contributed by atoms with Crippen molar-refractivity contribution in [3.63, 3.8) is 0 Å². The smallest absolute Gasteiger partial charge is 0.128 e. The van der Waals surface area contributed by atoms with Gasteiger partial charge in [0.15, 0.2) is 0 Å². The second-order valence-corrected chi connectivity index (χ2v) is 4.14. The van der Waals surface area contributed by atoms with Crippen LogP contribution >= 0.6 is 0 Å². The number of nitrogens with one attached hydrogen (secondary N) is 1. The van der Waals surface area contributed by atoms with E-state index in [1.54, 1.807) is 18.3 Å². The highest BCUT2D eigenvalue weighted by Crippen LogP contribution is 2.23. The number of hydrogen-bond acceptors (Lipinski definition) is 4. The zero-order chi connectivity index (χ0) is 13.8. The first kappa shape index (κ1) is 13.4. The number of nitrogens with zero attached hydrogens (tertiary/aromatic N) is 1. The summed E-state index contributed by atoms with van der Waals surface area (Å²) in [6.45, 7) is 0. The molecule has 1 unspecified atom stereocenters. The number of aromatic nitrogens is 1. The molecule has 1 aromatic heterocycles. The minimum absolute atomic E-state index is 0.158. The van der Waals surface area contributed by atoms with Crippen molar-refractivity contribution in [2.75, 3.05) is 5.73 Å². The highest BCUT2D eigenvalue weighted by Gasteiger charge is 2.17. The molecule has 0 bridgehead atoms. The molecule has 0 aliphatic rings. The lowest BCUT2D eigenvalue weighted by Crippen LogP contribution is -2.30. The standard InChI is InChI=1S/C13H14F2N4/c14-9-3-4-11(15)10(7-9)12(19-17)6-8-2-1-5-18-13(8)16/h1-5,7,12,19H,6,17H2,(H2,16,18). The normalized spacial score (nSPS) is 12.4. The van der Waals surface area contributed by atoms with Crippen LogP contribution in [0.2, 0.25) is 0 Å². The van der Waals surface area contributed by atoms with E-state index in [0.717, 1.165) is 18.2 Å². The molecular weight excluding hydrogens is 250 g/mol. The molecule has 0 saturated heterocycles. The van der Waals surface area contributed by atoms with Gasteiger partial charge in [0, 0.05) is 11.8 Å². The summed E-state index contributed by atoms with van der Waals surface area (Å²) < 4.78 is 26.9. The maximum Gasteiger partial charge on any atom is 0.128 e. The van der Waals surface area contributed by atoms with Gasteiger partial charge >= 0.3 is 0 Å². The molecule has 6 heteroatoms. The van der Waals surface area contributed by atoms with Crippen molar-refractivity contribution in [1.29, 1.82) is 0 Å². The Morgan fingerprint density at radius 1 is 1.26 bits per heavy atom. The molecule has 1 heterocycles. The molecule has 5 N–H and O–H groups in total. The van der Waals surface area contributed by atoms with Gasteiger partial charge in [-0.3, -0.25) is 11.3 Å². The predicted molar refractivity (Wildman–Crippen MR) is 68.8 cm³/mol. The molecule has 2 aromatic rings. The van der Waals surface area contributed by atoms with Gasteiger partial charge in [0.05, 0.1) is 6.04 Å². The summed E-state index contributed by atoms with van der Waals surface area (Å²) in [5.41, 5.74) is 9.07. The van der Waals surface area contributed by atoms with E-state index in [2.05, 4.69) is 10.4 Å². The van der Waals surface area contributed by atoms with Crippen LogP contribution in [0.3, 0.4) is 0 Å². The first-order valence-electron chi connectivity index (χ1n) is 5.72. The van der Waals surface area contributed by atoms with Crippen LogP contribution in [0.25, 0.3) is 0 Å². The van der Waals surface area contributed by atoms with E-state index in [4.69, 9.17) is 11.6 Å². The third-order valence-electron chi connectivity index (χ3n) is 2.88. The molecule has 4 nitrogen and oxygen atoms in total. The number of nitrogen functional groups attached to an aromatic ring is 1. The van der Waals surface area contributed by atoms with Gasteiger partial charge in [-0.1, -0.05) is 6.07 Å². The number of rotatable bonds is 4. The Labute approximate surface area is 109 Å². The molecule has 0 spiro atoms. The number of hydrogen-bond donors (Lipinski definition) is 3. The Bertz CT molecular complexity index is 574. The lowest BCUT2D eigenvalue weighted by atomic mass is 9.99. The van der Waals surface area contributed by atoms with Crippen molar-refractivity contribution in [1.82, 2.24) is 10.4 Å². The Morgan fingerprint density at radius 3 is 2.74 bits per heavy atom. The molecule has 2 rings (SSSR count). The van der Waals surface area contributed by atoms with Crippen molar-refractivity contribution in [2.45, 2.75) is 12.5 Å². The number of pyridine rings is 1. The largest absolute Gasteiger partial charge is 0.383 e. The van der Waals surface area contributed by atoms with Crippen LogP contribution in [-0.4, -0.2) is 4.98 Å². The first-order valence-corrected chi connectivity index (χ1v) is 5.72. The SMILES string of the molecule is NNC(Cc1cccnc1N)c1cc(F)ccc1F. The van der Waals surface area contributed by atoms with Gasteiger partial charge in [-0.05, 0) is 36.2 Å². The fraction of sp³-hybridized carbons (Fsp3) is 0.154. The molecule has 1 aromatic carbocycles. The van der Waals surface area contributed by atoms with E-state index in [1.165, 1.54) is 0 Å². The van der Waals surface area contributed by atoms with Gasteiger partial charge < -0.3 is 5.73 Å². The Kier molecular flexibility index (Phi) is 4.03. The van der Waals surface area contributed by atoms with Crippen LogP contribution in [0.15, 0.2) is 36.5 Å². The Morgan fingerprint density at radius 2 is 2.05 bits per heavy atom. The van der Waals surface area contributed by atoms with E-state index in [9.17, 15) is 8.78 Å². The van der Waals surface area contributed by atoms with Crippen molar-refractivity contribution in [3.8, 4) is 0 Å². The predicted octanol–water partition coefficient (Wildman–Crippen LogP) is 1.69. The summed E-state index contributed by atoms with van der Waals surface area (Å²) in [7, 11) is 0. The summed E-state index contributed by atoms with van der Waals surface area (Å²) >= 11 is 0. The topological polar surface area (TPSA) is 77.0 Å². The molecule has 19 heavy (non-hydrogen) atoms. The van der Waals surface area contributed by atoms with E-state index >= 15 is 0 Å². The molecular formula is C13H14F2N4. The fourth-order valence-electron chi connectivity index (χ4n) is 1.88. The maximum absolute atomic E-state index is 13.7. The molecule has 0 aliphatic carbocycles. The highest BCUT2D eigenvalue weighted by molar-refractivity contribution is 5.40. The van der Waals surface area contributed by atoms with Gasteiger partial charge in [0.1, 0.15) is 17.5 Å².